The molecule has 8 nitrogen and oxygen atoms in total. The van der Waals surface area contributed by atoms with Crippen LogP contribution in [0.3, 0.4) is 0 Å². The van der Waals surface area contributed by atoms with Gasteiger partial charge < -0.3 is 21.1 Å². The normalized spacial score (nSPS) is 18.9. The lowest BCUT2D eigenvalue weighted by Gasteiger charge is -2.22. The van der Waals surface area contributed by atoms with Crippen molar-refractivity contribution in [3.63, 3.8) is 0 Å². The Morgan fingerprint density at radius 1 is 1.50 bits per heavy atom. The van der Waals surface area contributed by atoms with Crippen molar-refractivity contribution < 1.29 is 9.53 Å². The van der Waals surface area contributed by atoms with Crippen LogP contribution in [0.15, 0.2) is 0 Å². The number of hydrogen-bond acceptors (Lipinski definition) is 7. The molecule has 0 saturated carbocycles. The van der Waals surface area contributed by atoms with Gasteiger partial charge in [-0.3, -0.25) is 4.79 Å². The smallest absolute Gasteiger partial charge is 0.323 e. The molecule has 0 spiro atoms. The highest BCUT2D eigenvalue weighted by atomic mass is 16.5. The molecule has 1 atom stereocenters. The fourth-order valence-electron chi connectivity index (χ4n) is 1.98. The van der Waals surface area contributed by atoms with E-state index < -0.39 is 0 Å². The van der Waals surface area contributed by atoms with Crippen LogP contribution in [0.1, 0.15) is 19.8 Å². The van der Waals surface area contributed by atoms with E-state index >= 15 is 0 Å². The Balaban J connectivity index is 2.29. The number of anilines is 2. The van der Waals surface area contributed by atoms with E-state index in [1.54, 1.807) is 4.90 Å². The molecular formula is C10H16N6O2. The molecule has 4 N–H and O–H groups in total. The summed E-state index contributed by atoms with van der Waals surface area (Å²) in [6.45, 7) is 2.92. The second kappa shape index (κ2) is 5.03. The zero-order valence-electron chi connectivity index (χ0n) is 10.2. The average molecular weight is 252 g/mol. The molecule has 2 heterocycles. The van der Waals surface area contributed by atoms with Crippen LogP contribution >= 0.6 is 0 Å². The predicted octanol–water partition coefficient (Wildman–Crippen LogP) is -0.693. The highest BCUT2D eigenvalue weighted by molar-refractivity contribution is 5.83. The Morgan fingerprint density at radius 3 is 2.94 bits per heavy atom. The highest BCUT2D eigenvalue weighted by Crippen LogP contribution is 2.23. The zero-order chi connectivity index (χ0) is 13.1. The van der Waals surface area contributed by atoms with Gasteiger partial charge in [-0.05, 0) is 19.8 Å². The van der Waals surface area contributed by atoms with Crippen LogP contribution in [0.4, 0.5) is 11.9 Å². The van der Waals surface area contributed by atoms with Crippen molar-refractivity contribution in [3.8, 4) is 6.01 Å². The molecule has 1 amide bonds. The first-order chi connectivity index (χ1) is 8.61. The Bertz CT molecular complexity index is 452. The minimum absolute atomic E-state index is 0.0681. The van der Waals surface area contributed by atoms with Crippen LogP contribution in [-0.4, -0.2) is 40.1 Å². The van der Waals surface area contributed by atoms with Crippen molar-refractivity contribution in [2.24, 2.45) is 5.73 Å². The minimum Gasteiger partial charge on any atom is -0.464 e. The summed E-state index contributed by atoms with van der Waals surface area (Å²) in [5.41, 5.74) is 10.9. The molecule has 0 radical (unpaired) electrons. The summed E-state index contributed by atoms with van der Waals surface area (Å²) in [7, 11) is 0. The number of amides is 1. The summed E-state index contributed by atoms with van der Waals surface area (Å²) < 4.78 is 5.20. The van der Waals surface area contributed by atoms with E-state index in [4.69, 9.17) is 16.2 Å². The molecule has 1 aromatic heterocycles. The molecule has 8 heteroatoms. The number of rotatable bonds is 4. The monoisotopic (exact) mass is 252 g/mol. The van der Waals surface area contributed by atoms with Crippen molar-refractivity contribution in [1.29, 1.82) is 0 Å². The Kier molecular flexibility index (Phi) is 3.45. The third-order valence-electron chi connectivity index (χ3n) is 2.73. The minimum atomic E-state index is -0.388. The molecule has 1 aliphatic heterocycles. The summed E-state index contributed by atoms with van der Waals surface area (Å²) in [6, 6.07) is -0.226. The molecule has 0 bridgehead atoms. The van der Waals surface area contributed by atoms with Crippen molar-refractivity contribution in [2.75, 3.05) is 23.8 Å². The molecule has 0 aromatic carbocycles. The van der Waals surface area contributed by atoms with Crippen molar-refractivity contribution >= 4 is 17.8 Å². The zero-order valence-corrected chi connectivity index (χ0v) is 10.2. The van der Waals surface area contributed by atoms with Crippen molar-refractivity contribution in [2.45, 2.75) is 25.8 Å². The third kappa shape index (κ3) is 2.41. The Morgan fingerprint density at radius 2 is 2.28 bits per heavy atom. The molecule has 1 saturated heterocycles. The van der Waals surface area contributed by atoms with Crippen LogP contribution in [0.2, 0.25) is 0 Å². The van der Waals surface area contributed by atoms with E-state index in [-0.39, 0.29) is 23.9 Å². The topological polar surface area (TPSA) is 120 Å². The van der Waals surface area contributed by atoms with Crippen molar-refractivity contribution in [3.05, 3.63) is 0 Å². The Labute approximate surface area is 104 Å². The SMILES string of the molecule is CCOc1nc(N)nc(N2CCCC2C(N)=O)n1. The van der Waals surface area contributed by atoms with Gasteiger partial charge in [0.05, 0.1) is 6.61 Å². The van der Waals surface area contributed by atoms with E-state index in [0.717, 1.165) is 6.42 Å². The third-order valence-corrected chi connectivity index (χ3v) is 2.73. The summed E-state index contributed by atoms with van der Waals surface area (Å²) in [4.78, 5) is 25.1. The largest absolute Gasteiger partial charge is 0.464 e. The quantitative estimate of drug-likeness (QED) is 0.727. The van der Waals surface area contributed by atoms with Gasteiger partial charge in [-0.25, -0.2) is 0 Å². The van der Waals surface area contributed by atoms with Gasteiger partial charge >= 0.3 is 6.01 Å². The lowest BCUT2D eigenvalue weighted by Crippen LogP contribution is -2.41. The number of aromatic nitrogens is 3. The lowest BCUT2D eigenvalue weighted by atomic mass is 10.2. The first kappa shape index (κ1) is 12.3. The van der Waals surface area contributed by atoms with Gasteiger partial charge in [0, 0.05) is 6.54 Å². The summed E-state index contributed by atoms with van der Waals surface area (Å²) in [6.07, 6.45) is 1.56. The van der Waals surface area contributed by atoms with Gasteiger partial charge in [-0.1, -0.05) is 0 Å². The number of nitrogens with zero attached hydrogens (tertiary/aromatic N) is 4. The average Bonchev–Trinajstić information content (AvgIpc) is 2.77. The van der Waals surface area contributed by atoms with Crippen LogP contribution in [0.25, 0.3) is 0 Å². The van der Waals surface area contributed by atoms with E-state index in [0.29, 0.717) is 25.5 Å². The summed E-state index contributed by atoms with van der Waals surface area (Å²) in [5, 5.41) is 0. The molecule has 18 heavy (non-hydrogen) atoms. The predicted molar refractivity (Wildman–Crippen MR) is 65.0 cm³/mol. The molecule has 0 aliphatic carbocycles. The fourth-order valence-corrected chi connectivity index (χ4v) is 1.98. The first-order valence-corrected chi connectivity index (χ1v) is 5.82. The number of ether oxygens (including phenoxy) is 1. The van der Waals surface area contributed by atoms with Crippen LogP contribution in [-0.2, 0) is 4.79 Å². The standard InChI is InChI=1S/C10H16N6O2/c1-2-18-10-14-8(12)13-9(15-10)16-5-3-4-6(16)7(11)17/h6H,2-5H2,1H3,(H2,11,17)(H2,12,13,14,15). The van der Waals surface area contributed by atoms with Gasteiger partial charge in [-0.15, -0.1) is 0 Å². The van der Waals surface area contributed by atoms with E-state index in [1.807, 2.05) is 6.92 Å². The number of carbonyl (C=O) groups excluding carboxylic acids is 1. The summed E-state index contributed by atoms with van der Waals surface area (Å²) >= 11 is 0. The molecule has 98 valence electrons. The molecular weight excluding hydrogens is 236 g/mol. The molecule has 1 unspecified atom stereocenters. The maximum atomic E-state index is 11.3. The number of nitrogen functional groups attached to an aromatic ring is 1. The lowest BCUT2D eigenvalue weighted by molar-refractivity contribution is -0.119. The van der Waals surface area contributed by atoms with E-state index in [2.05, 4.69) is 15.0 Å². The molecule has 1 fully saturated rings. The second-order valence-corrected chi connectivity index (χ2v) is 3.96. The maximum absolute atomic E-state index is 11.3. The van der Waals surface area contributed by atoms with Crippen LogP contribution < -0.4 is 21.1 Å². The van der Waals surface area contributed by atoms with Gasteiger partial charge in [0.25, 0.3) is 0 Å². The first-order valence-electron chi connectivity index (χ1n) is 5.82. The number of carbonyl (C=O) groups is 1. The highest BCUT2D eigenvalue weighted by Gasteiger charge is 2.31. The van der Waals surface area contributed by atoms with Crippen LogP contribution in [0.5, 0.6) is 6.01 Å². The van der Waals surface area contributed by atoms with Crippen LogP contribution in [0, 0.1) is 0 Å². The van der Waals surface area contributed by atoms with Gasteiger partial charge in [0.15, 0.2) is 0 Å². The maximum Gasteiger partial charge on any atom is 0.323 e. The number of nitrogens with two attached hydrogens (primary N) is 2. The number of primary amides is 1. The second-order valence-electron chi connectivity index (χ2n) is 3.96. The number of hydrogen-bond donors (Lipinski definition) is 2. The molecule has 1 aromatic rings. The van der Waals surface area contributed by atoms with E-state index in [1.165, 1.54) is 0 Å². The Hall–Kier alpha value is -2.12. The van der Waals surface area contributed by atoms with Crippen molar-refractivity contribution in [1.82, 2.24) is 15.0 Å². The molecule has 2 rings (SSSR count). The fraction of sp³-hybridized carbons (Fsp3) is 0.600. The molecule has 1 aliphatic rings. The van der Waals surface area contributed by atoms with Gasteiger partial charge in [0.2, 0.25) is 17.8 Å². The van der Waals surface area contributed by atoms with Gasteiger partial charge in [-0.2, -0.15) is 15.0 Å². The van der Waals surface area contributed by atoms with E-state index in [9.17, 15) is 4.79 Å². The summed E-state index contributed by atoms with van der Waals surface area (Å²) in [5.74, 6) is 0.0234. The van der Waals surface area contributed by atoms with Gasteiger partial charge in [0.1, 0.15) is 6.04 Å².